The van der Waals surface area contributed by atoms with Crippen molar-refractivity contribution in [3.05, 3.63) is 56.3 Å². The van der Waals surface area contributed by atoms with Crippen molar-refractivity contribution in [1.82, 2.24) is 13.7 Å². The number of aromatic nitrogens is 3. The van der Waals surface area contributed by atoms with Crippen molar-refractivity contribution in [1.29, 1.82) is 0 Å². The summed E-state index contributed by atoms with van der Waals surface area (Å²) in [6.07, 6.45) is 1.86. The average Bonchev–Trinajstić information content (AvgIpc) is 2.92. The monoisotopic (exact) mass is 345 g/mol. The summed E-state index contributed by atoms with van der Waals surface area (Å²) in [5, 5.41) is 1.07. The third-order valence-corrected chi connectivity index (χ3v) is 4.62. The minimum absolute atomic E-state index is 0.283. The van der Waals surface area contributed by atoms with Crippen LogP contribution in [0.5, 0.6) is 0 Å². The number of hydrogen-bond acceptors (Lipinski definition) is 2. The molecule has 0 radical (unpaired) electrons. The van der Waals surface area contributed by atoms with Crippen LogP contribution < -0.4 is 11.2 Å². The number of nitrogens with zero attached hydrogens (tertiary/aromatic N) is 3. The average molecular weight is 346 g/mol. The summed E-state index contributed by atoms with van der Waals surface area (Å²) in [5.74, 6) is 0. The number of benzene rings is 1. The van der Waals surface area contributed by atoms with E-state index in [0.717, 1.165) is 15.8 Å². The highest BCUT2D eigenvalue weighted by Gasteiger charge is 2.25. The van der Waals surface area contributed by atoms with Gasteiger partial charge in [-0.2, -0.15) is 0 Å². The van der Waals surface area contributed by atoms with Crippen molar-refractivity contribution in [2.24, 2.45) is 14.1 Å². The van der Waals surface area contributed by atoms with Gasteiger partial charge in [0, 0.05) is 36.4 Å². The molecular formula is C18H20ClN3O2. The molecule has 0 aliphatic carbocycles. The summed E-state index contributed by atoms with van der Waals surface area (Å²) in [5.41, 5.74) is 1.18. The summed E-state index contributed by atoms with van der Waals surface area (Å²) in [7, 11) is 3.17. The van der Waals surface area contributed by atoms with Crippen LogP contribution in [0.4, 0.5) is 0 Å². The largest absolute Gasteiger partial charge is 0.339 e. The Hall–Kier alpha value is -2.27. The molecule has 24 heavy (non-hydrogen) atoms. The van der Waals surface area contributed by atoms with Gasteiger partial charge in [-0.1, -0.05) is 29.8 Å². The lowest BCUT2D eigenvalue weighted by Gasteiger charge is -2.25. The standard InChI is InChI=1S/C18H20ClN3O2/c1-18(2,3)22-10-13-14(16(23)21(5)17(24)20(13)4)15(22)11-8-6-7-9-12(11)19/h6-10H,1-5H3. The van der Waals surface area contributed by atoms with E-state index in [4.69, 9.17) is 11.6 Å². The van der Waals surface area contributed by atoms with E-state index in [-0.39, 0.29) is 16.8 Å². The second-order valence-electron chi connectivity index (χ2n) is 6.96. The molecule has 0 saturated heterocycles. The lowest BCUT2D eigenvalue weighted by molar-refractivity contribution is 0.403. The Kier molecular flexibility index (Phi) is 3.72. The lowest BCUT2D eigenvalue weighted by atomic mass is 10.0. The third kappa shape index (κ3) is 2.31. The SMILES string of the molecule is Cn1c(=O)c2c(-c3ccccc3Cl)n(C(C)(C)C)cc2n(C)c1=O. The summed E-state index contributed by atoms with van der Waals surface area (Å²) in [6, 6.07) is 7.44. The van der Waals surface area contributed by atoms with Crippen LogP contribution >= 0.6 is 11.6 Å². The zero-order chi connectivity index (χ0) is 17.8. The van der Waals surface area contributed by atoms with Crippen LogP contribution in [-0.4, -0.2) is 13.7 Å². The van der Waals surface area contributed by atoms with Crippen molar-refractivity contribution in [2.45, 2.75) is 26.3 Å². The van der Waals surface area contributed by atoms with Crippen molar-refractivity contribution >= 4 is 22.5 Å². The fraction of sp³-hybridized carbons (Fsp3) is 0.333. The molecule has 0 unspecified atom stereocenters. The van der Waals surface area contributed by atoms with Gasteiger partial charge in [0.05, 0.1) is 16.6 Å². The molecule has 0 aliphatic heterocycles. The Bertz CT molecular complexity index is 1060. The van der Waals surface area contributed by atoms with Gasteiger partial charge in [0.1, 0.15) is 0 Å². The van der Waals surface area contributed by atoms with Gasteiger partial charge in [-0.3, -0.25) is 13.9 Å². The molecule has 3 rings (SSSR count). The molecule has 0 spiro atoms. The van der Waals surface area contributed by atoms with Gasteiger partial charge in [0.25, 0.3) is 5.56 Å². The zero-order valence-corrected chi connectivity index (χ0v) is 15.2. The number of hydrogen-bond donors (Lipinski definition) is 0. The quantitative estimate of drug-likeness (QED) is 0.680. The summed E-state index contributed by atoms with van der Waals surface area (Å²) >= 11 is 6.41. The maximum atomic E-state index is 12.8. The normalized spacial score (nSPS) is 12.1. The number of halogens is 1. The van der Waals surface area contributed by atoms with Gasteiger partial charge in [0.15, 0.2) is 0 Å². The zero-order valence-electron chi connectivity index (χ0n) is 14.4. The number of rotatable bonds is 1. The minimum Gasteiger partial charge on any atom is -0.339 e. The fourth-order valence-corrected chi connectivity index (χ4v) is 3.21. The van der Waals surface area contributed by atoms with Gasteiger partial charge in [-0.15, -0.1) is 0 Å². The van der Waals surface area contributed by atoms with Crippen LogP contribution in [0.15, 0.2) is 40.1 Å². The van der Waals surface area contributed by atoms with E-state index >= 15 is 0 Å². The summed E-state index contributed by atoms with van der Waals surface area (Å²) in [4.78, 5) is 25.1. The summed E-state index contributed by atoms with van der Waals surface area (Å²) < 4.78 is 4.65. The van der Waals surface area contributed by atoms with Crippen LogP contribution in [0.25, 0.3) is 22.2 Å². The van der Waals surface area contributed by atoms with E-state index in [1.807, 2.05) is 29.0 Å². The number of fused-ring (bicyclic) bond motifs is 1. The van der Waals surface area contributed by atoms with Crippen LogP contribution in [0.3, 0.4) is 0 Å². The first-order valence-corrected chi connectivity index (χ1v) is 8.09. The van der Waals surface area contributed by atoms with Gasteiger partial charge < -0.3 is 4.57 Å². The van der Waals surface area contributed by atoms with Crippen molar-refractivity contribution in [3.8, 4) is 11.3 Å². The van der Waals surface area contributed by atoms with E-state index in [0.29, 0.717) is 15.9 Å². The van der Waals surface area contributed by atoms with Crippen molar-refractivity contribution < 1.29 is 0 Å². The predicted molar refractivity (Wildman–Crippen MR) is 97.9 cm³/mol. The highest BCUT2D eigenvalue weighted by atomic mass is 35.5. The molecule has 0 saturated carbocycles. The highest BCUT2D eigenvalue weighted by molar-refractivity contribution is 6.33. The maximum Gasteiger partial charge on any atom is 0.330 e. The molecule has 2 aromatic heterocycles. The Morgan fingerprint density at radius 1 is 1.00 bits per heavy atom. The fourth-order valence-electron chi connectivity index (χ4n) is 2.99. The van der Waals surface area contributed by atoms with Crippen LogP contribution in [-0.2, 0) is 19.6 Å². The molecule has 0 atom stereocenters. The predicted octanol–water partition coefficient (Wildman–Crippen LogP) is 3.11. The second-order valence-corrected chi connectivity index (χ2v) is 7.37. The minimum atomic E-state index is -0.343. The van der Waals surface area contributed by atoms with Gasteiger partial charge >= 0.3 is 5.69 Å². The van der Waals surface area contributed by atoms with Crippen molar-refractivity contribution in [2.75, 3.05) is 0 Å². The van der Waals surface area contributed by atoms with E-state index in [9.17, 15) is 9.59 Å². The third-order valence-electron chi connectivity index (χ3n) is 4.29. The Labute approximate surface area is 144 Å². The van der Waals surface area contributed by atoms with Gasteiger partial charge in [-0.05, 0) is 26.8 Å². The lowest BCUT2D eigenvalue weighted by Crippen LogP contribution is -2.36. The van der Waals surface area contributed by atoms with E-state index in [1.54, 1.807) is 13.1 Å². The van der Waals surface area contributed by atoms with E-state index in [1.165, 1.54) is 11.6 Å². The Morgan fingerprint density at radius 3 is 2.21 bits per heavy atom. The second kappa shape index (κ2) is 5.38. The Morgan fingerprint density at radius 2 is 1.62 bits per heavy atom. The first kappa shape index (κ1) is 16.6. The molecule has 5 nitrogen and oxygen atoms in total. The molecule has 0 fully saturated rings. The van der Waals surface area contributed by atoms with Crippen LogP contribution in [0.1, 0.15) is 20.8 Å². The Balaban J connectivity index is 2.63. The highest BCUT2D eigenvalue weighted by Crippen LogP contribution is 2.36. The smallest absolute Gasteiger partial charge is 0.330 e. The topological polar surface area (TPSA) is 48.9 Å². The molecular weight excluding hydrogens is 326 g/mol. The van der Waals surface area contributed by atoms with E-state index < -0.39 is 0 Å². The van der Waals surface area contributed by atoms with Crippen LogP contribution in [0, 0.1) is 0 Å². The first-order valence-electron chi connectivity index (χ1n) is 7.71. The summed E-state index contributed by atoms with van der Waals surface area (Å²) in [6.45, 7) is 6.15. The molecule has 0 aliphatic rings. The molecule has 1 aromatic carbocycles. The molecule has 2 heterocycles. The molecule has 126 valence electrons. The molecule has 0 bridgehead atoms. The molecule has 3 aromatic rings. The number of aryl methyl sites for hydroxylation is 1. The molecule has 0 N–H and O–H groups in total. The van der Waals surface area contributed by atoms with Gasteiger partial charge in [-0.25, -0.2) is 4.79 Å². The maximum absolute atomic E-state index is 12.8. The molecule has 6 heteroatoms. The van der Waals surface area contributed by atoms with E-state index in [2.05, 4.69) is 20.8 Å². The van der Waals surface area contributed by atoms with Gasteiger partial charge in [0.2, 0.25) is 0 Å². The molecule has 0 amide bonds. The van der Waals surface area contributed by atoms with Crippen molar-refractivity contribution in [3.63, 3.8) is 0 Å². The van der Waals surface area contributed by atoms with Crippen LogP contribution in [0.2, 0.25) is 5.02 Å². The first-order chi connectivity index (χ1) is 11.1.